The molecule has 29 heavy (non-hydrogen) atoms. The van der Waals surface area contributed by atoms with Crippen LogP contribution in [0.1, 0.15) is 19.8 Å². The van der Waals surface area contributed by atoms with Gasteiger partial charge in [0.25, 0.3) is 5.91 Å². The molecule has 0 atom stereocenters. The molecule has 1 aromatic heterocycles. The maximum Gasteiger partial charge on any atom is 0.269 e. The smallest absolute Gasteiger partial charge is 0.269 e. The van der Waals surface area contributed by atoms with Crippen molar-refractivity contribution in [3.63, 3.8) is 0 Å². The summed E-state index contributed by atoms with van der Waals surface area (Å²) in [5.41, 5.74) is 1.12. The number of benzene rings is 1. The Balaban J connectivity index is 1.73. The molecule has 2 aliphatic rings. The second kappa shape index (κ2) is 8.83. The number of aromatic nitrogens is 1. The molecular formula is C20H18Br2N4OS2. The van der Waals surface area contributed by atoms with Gasteiger partial charge in [0.1, 0.15) is 4.91 Å². The average Bonchev–Trinajstić information content (AvgIpc) is 3.19. The van der Waals surface area contributed by atoms with Gasteiger partial charge in [-0.2, -0.15) is 0 Å². The van der Waals surface area contributed by atoms with Crippen LogP contribution in [0.4, 0.5) is 11.5 Å². The van der Waals surface area contributed by atoms with E-state index in [0.29, 0.717) is 17.5 Å². The van der Waals surface area contributed by atoms with E-state index in [2.05, 4.69) is 60.8 Å². The van der Waals surface area contributed by atoms with E-state index in [1.165, 1.54) is 11.8 Å². The normalized spacial score (nSPS) is 20.1. The zero-order valence-electron chi connectivity index (χ0n) is 15.9. The van der Waals surface area contributed by atoms with Gasteiger partial charge in [-0.15, -0.1) is 0 Å². The number of carbonyl (C=O) groups is 1. The van der Waals surface area contributed by atoms with Gasteiger partial charge in [-0.25, -0.2) is 9.98 Å². The molecule has 0 N–H and O–H groups in total. The molecule has 1 fully saturated rings. The lowest BCUT2D eigenvalue weighted by molar-refractivity contribution is -0.122. The van der Waals surface area contributed by atoms with Gasteiger partial charge >= 0.3 is 0 Å². The Hall–Kier alpha value is -1.29. The lowest BCUT2D eigenvalue weighted by Crippen LogP contribution is -2.30. The fraction of sp³-hybridized carbons (Fsp3) is 0.250. The van der Waals surface area contributed by atoms with Gasteiger partial charge in [0, 0.05) is 29.2 Å². The Kier molecular flexibility index (Phi) is 6.38. The number of anilines is 1. The summed E-state index contributed by atoms with van der Waals surface area (Å²) in [7, 11) is 2.01. The molecule has 150 valence electrons. The van der Waals surface area contributed by atoms with Crippen molar-refractivity contribution in [2.45, 2.75) is 24.7 Å². The minimum Gasteiger partial charge on any atom is -0.337 e. The number of carbonyl (C=O) groups excluding carboxylic acids is 1. The van der Waals surface area contributed by atoms with E-state index in [-0.39, 0.29) is 5.91 Å². The monoisotopic (exact) mass is 552 g/mol. The fourth-order valence-electron chi connectivity index (χ4n) is 3.01. The highest BCUT2D eigenvalue weighted by molar-refractivity contribution is 9.11. The molecule has 0 bridgehead atoms. The lowest BCUT2D eigenvalue weighted by Gasteiger charge is -2.16. The minimum atomic E-state index is 0.0117. The second-order valence-electron chi connectivity index (χ2n) is 6.53. The van der Waals surface area contributed by atoms with Crippen LogP contribution in [0.25, 0.3) is 0 Å². The number of unbranched alkanes of at least 4 members (excludes halogenated alkanes) is 1. The molecule has 1 aromatic carbocycles. The van der Waals surface area contributed by atoms with Crippen molar-refractivity contribution in [1.82, 2.24) is 9.88 Å². The molecule has 2 aliphatic heterocycles. The number of halogens is 2. The third kappa shape index (κ3) is 4.15. The highest BCUT2D eigenvalue weighted by atomic mass is 79.9. The third-order valence-corrected chi connectivity index (χ3v) is 7.97. The number of rotatable bonds is 4. The van der Waals surface area contributed by atoms with Crippen molar-refractivity contribution in [2.75, 3.05) is 18.5 Å². The van der Waals surface area contributed by atoms with E-state index in [4.69, 9.17) is 4.99 Å². The Bertz CT molecular complexity index is 1040. The van der Waals surface area contributed by atoms with Crippen LogP contribution in [0.3, 0.4) is 0 Å². The first-order valence-electron chi connectivity index (χ1n) is 9.14. The van der Waals surface area contributed by atoms with Gasteiger partial charge in [-0.05, 0) is 68.2 Å². The quantitative estimate of drug-likeness (QED) is 0.411. The van der Waals surface area contributed by atoms with Gasteiger partial charge in [0.15, 0.2) is 11.0 Å². The Morgan fingerprint density at radius 2 is 2.00 bits per heavy atom. The van der Waals surface area contributed by atoms with E-state index >= 15 is 0 Å². The number of pyridine rings is 1. The van der Waals surface area contributed by atoms with Crippen molar-refractivity contribution in [2.24, 2.45) is 4.99 Å². The number of nitrogens with zero attached hydrogens (tertiary/aromatic N) is 4. The van der Waals surface area contributed by atoms with Crippen LogP contribution < -0.4 is 4.90 Å². The molecule has 4 rings (SSSR count). The number of fused-ring (bicyclic) bond motifs is 1. The van der Waals surface area contributed by atoms with Crippen LogP contribution in [-0.2, 0) is 4.79 Å². The van der Waals surface area contributed by atoms with Gasteiger partial charge in [-0.3, -0.25) is 9.69 Å². The molecule has 0 radical (unpaired) electrons. The number of aliphatic imine (C=N–C) groups is 1. The van der Waals surface area contributed by atoms with Crippen LogP contribution >= 0.6 is 55.4 Å². The number of thioether (sulfide) groups is 2. The van der Waals surface area contributed by atoms with Crippen molar-refractivity contribution in [3.05, 3.63) is 55.4 Å². The van der Waals surface area contributed by atoms with Gasteiger partial charge in [0.05, 0.1) is 15.2 Å². The summed E-state index contributed by atoms with van der Waals surface area (Å²) in [4.78, 5) is 28.2. The summed E-state index contributed by atoms with van der Waals surface area (Å²) in [5, 5.41) is 1.63. The summed E-state index contributed by atoms with van der Waals surface area (Å²) >= 11 is 9.99. The number of amidine groups is 1. The third-order valence-electron chi connectivity index (χ3n) is 4.52. The Morgan fingerprint density at radius 1 is 1.21 bits per heavy atom. The van der Waals surface area contributed by atoms with Crippen molar-refractivity contribution in [1.29, 1.82) is 0 Å². The topological polar surface area (TPSA) is 48.8 Å². The fourth-order valence-corrected chi connectivity index (χ4v) is 6.44. The predicted molar refractivity (Wildman–Crippen MR) is 129 cm³/mol. The zero-order chi connectivity index (χ0) is 20.5. The SMILES string of the molecule is CCCCN1C(=O)/C(=C2/Sc3ccccc3N2C)S/C1=N\c1ncc(Br)cc1Br. The predicted octanol–water partition coefficient (Wildman–Crippen LogP) is 6.38. The van der Waals surface area contributed by atoms with E-state index in [9.17, 15) is 4.79 Å². The van der Waals surface area contributed by atoms with E-state index in [1.807, 2.05) is 25.2 Å². The van der Waals surface area contributed by atoms with Gasteiger partial charge < -0.3 is 4.90 Å². The molecule has 0 unspecified atom stereocenters. The molecule has 3 heterocycles. The number of hydrogen-bond donors (Lipinski definition) is 0. The van der Waals surface area contributed by atoms with E-state index in [1.54, 1.807) is 22.9 Å². The standard InChI is InChI=1S/C20H18Br2N4OS2/c1-3-4-9-26-18(27)16(19-25(2)14-7-5-6-8-15(14)28-19)29-20(26)24-17-13(22)10-12(21)11-23-17/h5-8,10-11H,3-4,9H2,1-2H3/b19-16-,24-20-. The molecule has 1 amide bonds. The second-order valence-corrected chi connectivity index (χ2v) is 10.3. The van der Waals surface area contributed by atoms with Crippen LogP contribution in [0.2, 0.25) is 0 Å². The van der Waals surface area contributed by atoms with Crippen LogP contribution in [0.15, 0.2) is 65.3 Å². The first kappa shape index (κ1) is 21.0. The Labute approximate surface area is 195 Å². The summed E-state index contributed by atoms with van der Waals surface area (Å²) in [6, 6.07) is 10.1. The van der Waals surface area contributed by atoms with Crippen LogP contribution in [0, 0.1) is 0 Å². The first-order valence-corrected chi connectivity index (χ1v) is 12.4. The molecule has 2 aromatic rings. The Morgan fingerprint density at radius 3 is 2.72 bits per heavy atom. The van der Waals surface area contributed by atoms with Crippen LogP contribution in [-0.4, -0.2) is 34.6 Å². The summed E-state index contributed by atoms with van der Waals surface area (Å²) in [6.07, 6.45) is 3.64. The summed E-state index contributed by atoms with van der Waals surface area (Å²) in [5.74, 6) is 0.574. The molecule has 1 saturated heterocycles. The van der Waals surface area contributed by atoms with Gasteiger partial charge in [0.2, 0.25) is 0 Å². The van der Waals surface area contributed by atoms with Crippen molar-refractivity contribution in [3.8, 4) is 0 Å². The maximum absolute atomic E-state index is 13.3. The first-order chi connectivity index (χ1) is 14.0. The summed E-state index contributed by atoms with van der Waals surface area (Å²) < 4.78 is 1.65. The van der Waals surface area contributed by atoms with E-state index in [0.717, 1.165) is 42.3 Å². The lowest BCUT2D eigenvalue weighted by atomic mass is 10.3. The molecule has 9 heteroatoms. The molecule has 0 aliphatic carbocycles. The number of para-hydroxylation sites is 1. The molecule has 5 nitrogen and oxygen atoms in total. The van der Waals surface area contributed by atoms with Crippen molar-refractivity contribution >= 4 is 78.0 Å². The highest BCUT2D eigenvalue weighted by Gasteiger charge is 2.38. The molecular weight excluding hydrogens is 536 g/mol. The van der Waals surface area contributed by atoms with E-state index < -0.39 is 0 Å². The maximum atomic E-state index is 13.3. The van der Waals surface area contributed by atoms with Gasteiger partial charge in [-0.1, -0.05) is 37.2 Å². The minimum absolute atomic E-state index is 0.0117. The zero-order valence-corrected chi connectivity index (χ0v) is 20.7. The molecule has 0 spiro atoms. The van der Waals surface area contributed by atoms with Crippen molar-refractivity contribution < 1.29 is 4.79 Å². The average molecular weight is 554 g/mol. The molecule has 0 saturated carbocycles. The number of amides is 1. The largest absolute Gasteiger partial charge is 0.337 e. The number of hydrogen-bond acceptors (Lipinski definition) is 6. The summed E-state index contributed by atoms with van der Waals surface area (Å²) in [6.45, 7) is 2.77. The van der Waals surface area contributed by atoms with Crippen LogP contribution in [0.5, 0.6) is 0 Å². The highest BCUT2D eigenvalue weighted by Crippen LogP contribution is 2.50.